The standard InChI is InChI=1S/C22H30N8.HI/c1-3-19-27-20-11-10-18(16-30(20)28-19)26-22(23-4-2)25-14-21-24-12-13-29(21)15-17-8-6-5-7-9-17;/h5-9,12-13,18H,3-4,10-11,14-16H2,1-2H3,(H2,23,25,26);1H. The monoisotopic (exact) mass is 534 g/mol. The van der Waals surface area contributed by atoms with Crippen LogP contribution in [0.4, 0.5) is 0 Å². The topological polar surface area (TPSA) is 84.9 Å². The summed E-state index contributed by atoms with van der Waals surface area (Å²) in [5.41, 5.74) is 1.25. The van der Waals surface area contributed by atoms with Gasteiger partial charge in [-0.1, -0.05) is 37.3 Å². The molecule has 3 aromatic rings. The van der Waals surface area contributed by atoms with Crippen LogP contribution in [0.3, 0.4) is 0 Å². The molecule has 0 spiro atoms. The first-order valence-corrected chi connectivity index (χ1v) is 10.8. The number of rotatable bonds is 7. The first-order valence-electron chi connectivity index (χ1n) is 10.8. The van der Waals surface area contributed by atoms with Gasteiger partial charge in [0.15, 0.2) is 11.8 Å². The fraction of sp³-hybridized carbons (Fsp3) is 0.455. The van der Waals surface area contributed by atoms with Crippen LogP contribution < -0.4 is 10.6 Å². The number of hydrogen-bond acceptors (Lipinski definition) is 4. The lowest BCUT2D eigenvalue weighted by molar-refractivity contribution is 0.392. The summed E-state index contributed by atoms with van der Waals surface area (Å²) in [6.07, 6.45) is 6.68. The molecule has 0 fully saturated rings. The molecule has 1 aromatic carbocycles. The molecule has 0 radical (unpaired) electrons. The van der Waals surface area contributed by atoms with Crippen molar-refractivity contribution in [3.05, 3.63) is 65.8 Å². The molecule has 4 rings (SSSR count). The number of benzene rings is 1. The molecule has 8 nitrogen and oxygen atoms in total. The highest BCUT2D eigenvalue weighted by Gasteiger charge is 2.22. The number of guanidine groups is 1. The smallest absolute Gasteiger partial charge is 0.191 e. The minimum absolute atomic E-state index is 0. The van der Waals surface area contributed by atoms with E-state index in [4.69, 9.17) is 4.99 Å². The van der Waals surface area contributed by atoms with E-state index in [9.17, 15) is 0 Å². The maximum absolute atomic E-state index is 4.80. The van der Waals surface area contributed by atoms with E-state index in [2.05, 4.69) is 68.4 Å². The first-order chi connectivity index (χ1) is 14.7. The predicted molar refractivity (Wildman–Crippen MR) is 133 cm³/mol. The number of halogens is 1. The molecule has 0 bridgehead atoms. The average Bonchev–Trinajstić information content (AvgIpc) is 3.39. The van der Waals surface area contributed by atoms with Gasteiger partial charge in [0.2, 0.25) is 0 Å². The van der Waals surface area contributed by atoms with Crippen molar-refractivity contribution in [3.63, 3.8) is 0 Å². The van der Waals surface area contributed by atoms with Gasteiger partial charge in [0.1, 0.15) is 18.2 Å². The molecule has 0 saturated heterocycles. The van der Waals surface area contributed by atoms with Crippen LogP contribution in [0, 0.1) is 0 Å². The van der Waals surface area contributed by atoms with Crippen LogP contribution in [0.25, 0.3) is 0 Å². The normalized spacial score (nSPS) is 15.8. The number of aryl methyl sites for hydroxylation is 2. The van der Waals surface area contributed by atoms with Gasteiger partial charge in [-0.3, -0.25) is 0 Å². The molecule has 0 amide bonds. The van der Waals surface area contributed by atoms with E-state index in [1.165, 1.54) is 5.56 Å². The second kappa shape index (κ2) is 11.3. The van der Waals surface area contributed by atoms with Gasteiger partial charge in [0.05, 0.1) is 6.54 Å². The largest absolute Gasteiger partial charge is 0.357 e. The van der Waals surface area contributed by atoms with Gasteiger partial charge in [-0.15, -0.1) is 24.0 Å². The van der Waals surface area contributed by atoms with Gasteiger partial charge < -0.3 is 15.2 Å². The Kier molecular flexibility index (Phi) is 8.44. The van der Waals surface area contributed by atoms with Gasteiger partial charge in [0, 0.05) is 44.4 Å². The van der Waals surface area contributed by atoms with E-state index in [1.807, 2.05) is 23.1 Å². The highest BCUT2D eigenvalue weighted by atomic mass is 127. The molecule has 0 aliphatic carbocycles. The predicted octanol–water partition coefficient (Wildman–Crippen LogP) is 2.77. The molecule has 1 aliphatic rings. The van der Waals surface area contributed by atoms with Gasteiger partial charge >= 0.3 is 0 Å². The summed E-state index contributed by atoms with van der Waals surface area (Å²) in [5.74, 6) is 3.79. The van der Waals surface area contributed by atoms with E-state index in [1.54, 1.807) is 0 Å². The Bertz CT molecular complexity index is 979. The van der Waals surface area contributed by atoms with E-state index in [0.29, 0.717) is 6.54 Å². The number of nitrogens with zero attached hydrogens (tertiary/aromatic N) is 6. The summed E-state index contributed by atoms with van der Waals surface area (Å²) in [7, 11) is 0. The zero-order valence-corrected chi connectivity index (χ0v) is 20.5. The highest BCUT2D eigenvalue weighted by Crippen LogP contribution is 2.13. The number of imidazole rings is 1. The maximum atomic E-state index is 4.80. The van der Waals surface area contributed by atoms with Crippen molar-refractivity contribution >= 4 is 29.9 Å². The molecule has 1 atom stereocenters. The van der Waals surface area contributed by atoms with Gasteiger partial charge in [-0.2, -0.15) is 5.10 Å². The third kappa shape index (κ3) is 6.05. The Balaban J connectivity index is 0.00000272. The van der Waals surface area contributed by atoms with Crippen molar-refractivity contribution in [3.8, 4) is 0 Å². The molecule has 3 heterocycles. The fourth-order valence-electron chi connectivity index (χ4n) is 3.71. The summed E-state index contributed by atoms with van der Waals surface area (Å²) < 4.78 is 4.19. The van der Waals surface area contributed by atoms with Crippen molar-refractivity contribution in [2.24, 2.45) is 4.99 Å². The maximum Gasteiger partial charge on any atom is 0.191 e. The van der Waals surface area contributed by atoms with E-state index < -0.39 is 0 Å². The van der Waals surface area contributed by atoms with Crippen LogP contribution in [0.1, 0.15) is 43.3 Å². The van der Waals surface area contributed by atoms with E-state index >= 15 is 0 Å². The summed E-state index contributed by atoms with van der Waals surface area (Å²) in [5, 5.41) is 11.5. The molecule has 9 heteroatoms. The molecular formula is C22H31IN8. The summed E-state index contributed by atoms with van der Waals surface area (Å²) in [6.45, 7) is 7.12. The van der Waals surface area contributed by atoms with Gasteiger partial charge in [0.25, 0.3) is 0 Å². The van der Waals surface area contributed by atoms with E-state index in [-0.39, 0.29) is 30.0 Å². The number of nitrogens with one attached hydrogen (secondary N) is 2. The highest BCUT2D eigenvalue weighted by molar-refractivity contribution is 14.0. The van der Waals surface area contributed by atoms with Crippen molar-refractivity contribution in [2.75, 3.05) is 6.54 Å². The Labute approximate surface area is 200 Å². The minimum atomic E-state index is 0. The molecule has 1 aliphatic heterocycles. The average molecular weight is 534 g/mol. The van der Waals surface area contributed by atoms with Crippen molar-refractivity contribution in [1.29, 1.82) is 0 Å². The zero-order valence-electron chi connectivity index (χ0n) is 18.2. The Morgan fingerprint density at radius 3 is 2.84 bits per heavy atom. The van der Waals surface area contributed by atoms with Crippen LogP contribution in [-0.2, 0) is 32.5 Å². The van der Waals surface area contributed by atoms with E-state index in [0.717, 1.165) is 62.3 Å². The Hall–Kier alpha value is -2.43. The van der Waals surface area contributed by atoms with Crippen LogP contribution in [0.15, 0.2) is 47.7 Å². The van der Waals surface area contributed by atoms with Crippen LogP contribution in [0.5, 0.6) is 0 Å². The lowest BCUT2D eigenvalue weighted by atomic mass is 10.1. The van der Waals surface area contributed by atoms with Crippen molar-refractivity contribution in [2.45, 2.75) is 58.8 Å². The van der Waals surface area contributed by atoms with Crippen LogP contribution in [-0.4, -0.2) is 42.9 Å². The SMILES string of the molecule is CCNC(=NCc1nccn1Cc1ccccc1)NC1CCc2nc(CC)nn2C1.I. The number of hydrogen-bond donors (Lipinski definition) is 2. The fourth-order valence-corrected chi connectivity index (χ4v) is 3.71. The molecule has 2 N–H and O–H groups in total. The molecule has 0 saturated carbocycles. The Morgan fingerprint density at radius 1 is 1.23 bits per heavy atom. The second-order valence-electron chi connectivity index (χ2n) is 7.51. The summed E-state index contributed by atoms with van der Waals surface area (Å²) in [4.78, 5) is 13.9. The van der Waals surface area contributed by atoms with Crippen LogP contribution >= 0.6 is 24.0 Å². The Morgan fingerprint density at radius 2 is 2.06 bits per heavy atom. The van der Waals surface area contributed by atoms with Gasteiger partial charge in [-0.25, -0.2) is 19.6 Å². The first kappa shape index (κ1) is 23.2. The number of aliphatic imine (C=N–C) groups is 1. The minimum Gasteiger partial charge on any atom is -0.357 e. The zero-order chi connectivity index (χ0) is 20.8. The molecule has 31 heavy (non-hydrogen) atoms. The van der Waals surface area contributed by atoms with Gasteiger partial charge in [-0.05, 0) is 18.9 Å². The molecule has 2 aromatic heterocycles. The molecular weight excluding hydrogens is 503 g/mol. The number of fused-ring (bicyclic) bond motifs is 1. The quantitative estimate of drug-likeness (QED) is 0.277. The third-order valence-electron chi connectivity index (χ3n) is 5.28. The van der Waals surface area contributed by atoms with Crippen LogP contribution in [0.2, 0.25) is 0 Å². The number of aromatic nitrogens is 5. The van der Waals surface area contributed by atoms with Crippen molar-refractivity contribution in [1.82, 2.24) is 34.9 Å². The summed E-state index contributed by atoms with van der Waals surface area (Å²) in [6, 6.07) is 10.7. The lowest BCUT2D eigenvalue weighted by Gasteiger charge is -2.25. The molecule has 1 unspecified atom stereocenters. The van der Waals surface area contributed by atoms with Crippen molar-refractivity contribution < 1.29 is 0 Å². The molecule has 166 valence electrons. The lowest BCUT2D eigenvalue weighted by Crippen LogP contribution is -2.47. The summed E-state index contributed by atoms with van der Waals surface area (Å²) >= 11 is 0. The third-order valence-corrected chi connectivity index (χ3v) is 5.28. The second-order valence-corrected chi connectivity index (χ2v) is 7.51.